The molecule has 16 heavy (non-hydrogen) atoms. The Labute approximate surface area is 96.5 Å². The number of aromatic hydroxyl groups is 2. The van der Waals surface area contributed by atoms with Crippen LogP contribution in [0.1, 0.15) is 17.9 Å². The molecule has 1 aromatic carbocycles. The van der Waals surface area contributed by atoms with E-state index in [0.717, 1.165) is 4.88 Å². The molecule has 3 N–H and O–H groups in total. The molecule has 0 bridgehead atoms. The highest BCUT2D eigenvalue weighted by Gasteiger charge is 2.10. The fraction of sp³-hybridized carbons (Fsp3) is 0.182. The Kier molecular flexibility index (Phi) is 2.80. The third kappa shape index (κ3) is 2.00. The molecule has 1 atom stereocenters. The number of benzene rings is 1. The van der Waals surface area contributed by atoms with Crippen LogP contribution in [0.2, 0.25) is 0 Å². The second-order valence-corrected chi connectivity index (χ2v) is 4.51. The second kappa shape index (κ2) is 4.11. The van der Waals surface area contributed by atoms with E-state index in [2.05, 4.69) is 4.98 Å². The van der Waals surface area contributed by atoms with Gasteiger partial charge in [-0.25, -0.2) is 4.98 Å². The van der Waals surface area contributed by atoms with Gasteiger partial charge in [0.15, 0.2) is 11.5 Å². The first-order valence-corrected chi connectivity index (χ1v) is 5.55. The SMILES string of the molecule is CC(O)c1cnc(-c2ccc(O)c(O)c2)s1. The second-order valence-electron chi connectivity index (χ2n) is 3.45. The lowest BCUT2D eigenvalue weighted by Gasteiger charge is -2.00. The van der Waals surface area contributed by atoms with Crippen LogP contribution in [0.15, 0.2) is 24.4 Å². The summed E-state index contributed by atoms with van der Waals surface area (Å²) < 4.78 is 0. The quantitative estimate of drug-likeness (QED) is 0.700. The van der Waals surface area contributed by atoms with E-state index in [1.54, 1.807) is 19.2 Å². The van der Waals surface area contributed by atoms with Crippen molar-refractivity contribution in [1.82, 2.24) is 4.98 Å². The highest BCUT2D eigenvalue weighted by molar-refractivity contribution is 7.15. The molecule has 1 unspecified atom stereocenters. The Bertz CT molecular complexity index is 508. The Morgan fingerprint density at radius 3 is 2.56 bits per heavy atom. The van der Waals surface area contributed by atoms with Gasteiger partial charge in [-0.2, -0.15) is 0 Å². The molecule has 5 heteroatoms. The number of hydrogen-bond acceptors (Lipinski definition) is 5. The first-order chi connectivity index (χ1) is 7.58. The van der Waals surface area contributed by atoms with E-state index in [0.29, 0.717) is 10.6 Å². The van der Waals surface area contributed by atoms with Crippen LogP contribution < -0.4 is 0 Å². The smallest absolute Gasteiger partial charge is 0.158 e. The monoisotopic (exact) mass is 237 g/mol. The van der Waals surface area contributed by atoms with Crippen LogP contribution in [-0.2, 0) is 0 Å². The van der Waals surface area contributed by atoms with Crippen LogP contribution in [-0.4, -0.2) is 20.3 Å². The molecular formula is C11H11NO3S. The first kappa shape index (κ1) is 10.9. The molecule has 1 heterocycles. The molecular weight excluding hydrogens is 226 g/mol. The molecule has 0 saturated heterocycles. The summed E-state index contributed by atoms with van der Waals surface area (Å²) in [6.45, 7) is 1.67. The average Bonchev–Trinajstić information content (AvgIpc) is 2.71. The standard InChI is InChI=1S/C11H11NO3S/c1-6(13)10-5-12-11(16-10)7-2-3-8(14)9(15)4-7/h2-6,13-15H,1H3. The maximum Gasteiger partial charge on any atom is 0.158 e. The molecule has 0 amide bonds. The molecule has 0 spiro atoms. The molecule has 0 fully saturated rings. The Morgan fingerprint density at radius 2 is 2.00 bits per heavy atom. The van der Waals surface area contributed by atoms with Gasteiger partial charge in [0.1, 0.15) is 5.01 Å². The fourth-order valence-electron chi connectivity index (χ4n) is 1.27. The van der Waals surface area contributed by atoms with Gasteiger partial charge >= 0.3 is 0 Å². The summed E-state index contributed by atoms with van der Waals surface area (Å²) in [5, 5.41) is 28.6. The topological polar surface area (TPSA) is 73.6 Å². The van der Waals surface area contributed by atoms with Crippen LogP contribution in [0.25, 0.3) is 10.6 Å². The zero-order valence-corrected chi connectivity index (χ0v) is 9.40. The van der Waals surface area contributed by atoms with Gasteiger partial charge in [0, 0.05) is 11.8 Å². The van der Waals surface area contributed by atoms with Crippen LogP contribution in [0.5, 0.6) is 11.5 Å². The highest BCUT2D eigenvalue weighted by Crippen LogP contribution is 2.33. The minimum atomic E-state index is -0.544. The number of aliphatic hydroxyl groups excluding tert-OH is 1. The van der Waals surface area contributed by atoms with E-state index in [-0.39, 0.29) is 11.5 Å². The van der Waals surface area contributed by atoms with Crippen molar-refractivity contribution in [3.8, 4) is 22.1 Å². The van der Waals surface area contributed by atoms with E-state index < -0.39 is 6.10 Å². The summed E-state index contributed by atoms with van der Waals surface area (Å²) >= 11 is 1.35. The van der Waals surface area contributed by atoms with Gasteiger partial charge in [-0.3, -0.25) is 0 Å². The summed E-state index contributed by atoms with van der Waals surface area (Å²) in [6, 6.07) is 4.52. The van der Waals surface area contributed by atoms with Gasteiger partial charge in [-0.15, -0.1) is 11.3 Å². The summed E-state index contributed by atoms with van der Waals surface area (Å²) in [5.74, 6) is -0.331. The van der Waals surface area contributed by atoms with Crippen molar-refractivity contribution in [3.63, 3.8) is 0 Å². The Balaban J connectivity index is 2.39. The lowest BCUT2D eigenvalue weighted by atomic mass is 10.2. The molecule has 1 aromatic heterocycles. The summed E-state index contributed by atoms with van der Waals surface area (Å²) in [4.78, 5) is 4.91. The number of thiazole rings is 1. The zero-order chi connectivity index (χ0) is 11.7. The van der Waals surface area contributed by atoms with Crippen molar-refractivity contribution in [2.24, 2.45) is 0 Å². The van der Waals surface area contributed by atoms with E-state index in [1.165, 1.54) is 23.5 Å². The van der Waals surface area contributed by atoms with E-state index >= 15 is 0 Å². The van der Waals surface area contributed by atoms with Gasteiger partial charge in [0.2, 0.25) is 0 Å². The van der Waals surface area contributed by atoms with Crippen molar-refractivity contribution >= 4 is 11.3 Å². The maximum absolute atomic E-state index is 9.36. The molecule has 0 radical (unpaired) electrons. The number of phenols is 2. The van der Waals surface area contributed by atoms with Crippen molar-refractivity contribution < 1.29 is 15.3 Å². The number of aliphatic hydroxyl groups is 1. The molecule has 0 aliphatic carbocycles. The number of rotatable bonds is 2. The van der Waals surface area contributed by atoms with Crippen LogP contribution in [0.4, 0.5) is 0 Å². The lowest BCUT2D eigenvalue weighted by molar-refractivity contribution is 0.203. The summed E-state index contributed by atoms with van der Waals surface area (Å²) in [7, 11) is 0. The molecule has 2 aromatic rings. The lowest BCUT2D eigenvalue weighted by Crippen LogP contribution is -1.83. The maximum atomic E-state index is 9.36. The van der Waals surface area contributed by atoms with Crippen molar-refractivity contribution in [1.29, 1.82) is 0 Å². The van der Waals surface area contributed by atoms with Gasteiger partial charge in [-0.05, 0) is 25.1 Å². The van der Waals surface area contributed by atoms with E-state index in [1.807, 2.05) is 0 Å². The summed E-state index contributed by atoms with van der Waals surface area (Å²) in [5.41, 5.74) is 0.715. The van der Waals surface area contributed by atoms with Crippen LogP contribution >= 0.6 is 11.3 Å². The number of aromatic nitrogens is 1. The van der Waals surface area contributed by atoms with E-state index in [4.69, 9.17) is 0 Å². The molecule has 0 aliphatic rings. The molecule has 0 saturated carbocycles. The number of nitrogens with zero attached hydrogens (tertiary/aromatic N) is 1. The van der Waals surface area contributed by atoms with Gasteiger partial charge in [-0.1, -0.05) is 0 Å². The third-order valence-electron chi connectivity index (χ3n) is 2.16. The predicted molar refractivity (Wildman–Crippen MR) is 61.5 cm³/mol. The third-order valence-corrected chi connectivity index (χ3v) is 3.37. The minimum Gasteiger partial charge on any atom is -0.504 e. The predicted octanol–water partition coefficient (Wildman–Crippen LogP) is 2.27. The minimum absolute atomic E-state index is 0.156. The average molecular weight is 237 g/mol. The molecule has 2 rings (SSSR count). The van der Waals surface area contributed by atoms with Crippen molar-refractivity contribution in [2.75, 3.05) is 0 Å². The van der Waals surface area contributed by atoms with Gasteiger partial charge < -0.3 is 15.3 Å². The zero-order valence-electron chi connectivity index (χ0n) is 8.58. The van der Waals surface area contributed by atoms with Gasteiger partial charge in [0.25, 0.3) is 0 Å². The molecule has 84 valence electrons. The summed E-state index contributed by atoms with van der Waals surface area (Å²) in [6.07, 6.45) is 1.06. The number of hydrogen-bond donors (Lipinski definition) is 3. The Hall–Kier alpha value is -1.59. The molecule has 0 aliphatic heterocycles. The highest BCUT2D eigenvalue weighted by atomic mass is 32.1. The van der Waals surface area contributed by atoms with Crippen molar-refractivity contribution in [3.05, 3.63) is 29.3 Å². The van der Waals surface area contributed by atoms with E-state index in [9.17, 15) is 15.3 Å². The first-order valence-electron chi connectivity index (χ1n) is 4.74. The number of phenolic OH excluding ortho intramolecular Hbond substituents is 2. The van der Waals surface area contributed by atoms with Crippen LogP contribution in [0, 0.1) is 0 Å². The van der Waals surface area contributed by atoms with Gasteiger partial charge in [0.05, 0.1) is 11.0 Å². The van der Waals surface area contributed by atoms with Crippen molar-refractivity contribution in [2.45, 2.75) is 13.0 Å². The normalized spacial score (nSPS) is 12.6. The fourth-order valence-corrected chi connectivity index (χ4v) is 2.12. The van der Waals surface area contributed by atoms with Crippen LogP contribution in [0.3, 0.4) is 0 Å². The Morgan fingerprint density at radius 1 is 1.25 bits per heavy atom. The largest absolute Gasteiger partial charge is 0.504 e. The molecule has 4 nitrogen and oxygen atoms in total.